The van der Waals surface area contributed by atoms with Gasteiger partial charge in [-0.1, -0.05) is 89.1 Å². The molecule has 152 valence electrons. The Morgan fingerprint density at radius 3 is 1.68 bits per heavy atom. The van der Waals surface area contributed by atoms with Crippen LogP contribution in [0.25, 0.3) is 5.57 Å². The summed E-state index contributed by atoms with van der Waals surface area (Å²) < 4.78 is 0. The lowest BCUT2D eigenvalue weighted by atomic mass is 9.62. The molecule has 1 aliphatic carbocycles. The van der Waals surface area contributed by atoms with Gasteiger partial charge in [0.2, 0.25) is 0 Å². The van der Waals surface area contributed by atoms with E-state index < -0.39 is 0 Å². The minimum Gasteiger partial charge on any atom is -0.0683 e. The minimum atomic E-state index is 0.243. The smallest absolute Gasteiger partial charge is 0.0100 e. The number of hydrogen-bond acceptors (Lipinski definition) is 0. The summed E-state index contributed by atoms with van der Waals surface area (Å²) in [4.78, 5) is 0. The van der Waals surface area contributed by atoms with Crippen molar-refractivity contribution in [1.29, 1.82) is 0 Å². The van der Waals surface area contributed by atoms with Crippen LogP contribution in [-0.2, 0) is 10.8 Å². The molecular formula is C28H40. The van der Waals surface area contributed by atoms with E-state index in [1.165, 1.54) is 46.2 Å². The molecule has 0 atom stereocenters. The Morgan fingerprint density at radius 1 is 0.750 bits per heavy atom. The molecule has 0 aromatic heterocycles. The average Bonchev–Trinajstić information content (AvgIpc) is 2.63. The van der Waals surface area contributed by atoms with E-state index >= 15 is 0 Å². The van der Waals surface area contributed by atoms with Crippen LogP contribution in [0.2, 0.25) is 0 Å². The predicted molar refractivity (Wildman–Crippen MR) is 126 cm³/mol. The maximum absolute atomic E-state index is 2.51. The molecule has 0 heterocycles. The second-order valence-electron chi connectivity index (χ2n) is 9.72. The quantitative estimate of drug-likeness (QED) is 0.492. The molecule has 0 unspecified atom stereocenters. The number of hydrogen-bond donors (Lipinski definition) is 0. The average molecular weight is 377 g/mol. The summed E-state index contributed by atoms with van der Waals surface area (Å²) in [6, 6.07) is 14.0. The molecule has 0 amide bonds. The van der Waals surface area contributed by atoms with Crippen molar-refractivity contribution < 1.29 is 0 Å². The third-order valence-corrected chi connectivity index (χ3v) is 6.31. The van der Waals surface area contributed by atoms with E-state index in [0.717, 1.165) is 0 Å². The van der Waals surface area contributed by atoms with Crippen molar-refractivity contribution in [2.24, 2.45) is 0 Å². The van der Waals surface area contributed by atoms with Gasteiger partial charge in [-0.25, -0.2) is 0 Å². The van der Waals surface area contributed by atoms with Crippen LogP contribution in [0.3, 0.4) is 0 Å². The fourth-order valence-electron chi connectivity index (χ4n) is 4.43. The summed E-state index contributed by atoms with van der Waals surface area (Å²) in [6.07, 6.45) is 2.52. The van der Waals surface area contributed by atoms with Crippen LogP contribution in [0.5, 0.6) is 0 Å². The summed E-state index contributed by atoms with van der Waals surface area (Å²) >= 11 is 0. The van der Waals surface area contributed by atoms with Gasteiger partial charge in [0.25, 0.3) is 0 Å². The molecule has 0 saturated carbocycles. The molecule has 0 fully saturated rings. The zero-order chi connectivity index (χ0) is 21.3. The van der Waals surface area contributed by atoms with Crippen molar-refractivity contribution in [3.63, 3.8) is 0 Å². The molecule has 28 heavy (non-hydrogen) atoms. The normalized spacial score (nSPS) is 16.5. The van der Waals surface area contributed by atoms with Gasteiger partial charge in [0.1, 0.15) is 0 Å². The van der Waals surface area contributed by atoms with E-state index in [0.29, 0.717) is 0 Å². The SMILES string of the molecule is CC.CC(C)=C(c1ccc(C)cc1)c1cc2c(cc1C)C(C)(C)CCC2(C)C. The van der Waals surface area contributed by atoms with Gasteiger partial charge in [-0.3, -0.25) is 0 Å². The molecule has 0 heteroatoms. The molecule has 0 N–H and O–H groups in total. The van der Waals surface area contributed by atoms with Gasteiger partial charge in [-0.2, -0.15) is 0 Å². The van der Waals surface area contributed by atoms with Crippen LogP contribution in [-0.4, -0.2) is 0 Å². The first-order valence-corrected chi connectivity index (χ1v) is 10.9. The Morgan fingerprint density at radius 2 is 1.21 bits per heavy atom. The van der Waals surface area contributed by atoms with Crippen LogP contribution in [0.4, 0.5) is 0 Å². The number of rotatable bonds is 2. The highest BCUT2D eigenvalue weighted by Crippen LogP contribution is 2.47. The van der Waals surface area contributed by atoms with Crippen LogP contribution >= 0.6 is 0 Å². The summed E-state index contributed by atoms with van der Waals surface area (Å²) in [7, 11) is 0. The number of aryl methyl sites for hydroxylation is 2. The van der Waals surface area contributed by atoms with E-state index in [2.05, 4.69) is 91.8 Å². The van der Waals surface area contributed by atoms with Crippen molar-refractivity contribution in [2.75, 3.05) is 0 Å². The molecular weight excluding hydrogens is 336 g/mol. The fraction of sp³-hybridized carbons (Fsp3) is 0.500. The minimum absolute atomic E-state index is 0.243. The van der Waals surface area contributed by atoms with E-state index in [-0.39, 0.29) is 10.8 Å². The Bertz CT molecular complexity index is 854. The monoisotopic (exact) mass is 376 g/mol. The van der Waals surface area contributed by atoms with Crippen molar-refractivity contribution in [3.8, 4) is 0 Å². The Hall–Kier alpha value is -1.82. The first-order valence-electron chi connectivity index (χ1n) is 10.9. The lowest BCUT2D eigenvalue weighted by molar-refractivity contribution is 0.331. The molecule has 2 aromatic rings. The molecule has 0 saturated heterocycles. The van der Waals surface area contributed by atoms with Gasteiger partial charge >= 0.3 is 0 Å². The van der Waals surface area contributed by atoms with Crippen molar-refractivity contribution in [2.45, 2.75) is 92.9 Å². The van der Waals surface area contributed by atoms with E-state index in [4.69, 9.17) is 0 Å². The molecule has 3 rings (SSSR count). The van der Waals surface area contributed by atoms with Gasteiger partial charge in [0, 0.05) is 0 Å². The first kappa shape index (κ1) is 22.5. The van der Waals surface area contributed by atoms with E-state index in [9.17, 15) is 0 Å². The third-order valence-electron chi connectivity index (χ3n) is 6.31. The Balaban J connectivity index is 0.00000136. The first-order chi connectivity index (χ1) is 13.0. The van der Waals surface area contributed by atoms with Crippen LogP contribution in [0.1, 0.15) is 102 Å². The Kier molecular flexibility index (Phi) is 6.64. The predicted octanol–water partition coefficient (Wildman–Crippen LogP) is 8.52. The summed E-state index contributed by atoms with van der Waals surface area (Å²) in [5.41, 5.74) is 11.8. The molecule has 0 spiro atoms. The number of fused-ring (bicyclic) bond motifs is 1. The standard InChI is InChI=1S/C26H34.C2H6/c1-17(2)24(20-11-9-18(3)10-12-20)21-16-23-22(15-19(21)4)25(5,6)13-14-26(23,7)8;1-2/h9-12,15-16H,13-14H2,1-8H3;1-2H3. The lowest BCUT2D eigenvalue weighted by Crippen LogP contribution is -2.34. The van der Waals surface area contributed by atoms with Gasteiger partial charge in [-0.05, 0) is 84.8 Å². The molecule has 0 nitrogen and oxygen atoms in total. The largest absolute Gasteiger partial charge is 0.0683 e. The fourth-order valence-corrected chi connectivity index (χ4v) is 4.43. The summed E-state index contributed by atoms with van der Waals surface area (Å²) in [5, 5.41) is 0. The van der Waals surface area contributed by atoms with Gasteiger partial charge < -0.3 is 0 Å². The zero-order valence-corrected chi connectivity index (χ0v) is 19.9. The van der Waals surface area contributed by atoms with E-state index in [1.54, 1.807) is 11.1 Å². The molecule has 0 bridgehead atoms. The maximum Gasteiger partial charge on any atom is -0.0100 e. The van der Waals surface area contributed by atoms with Gasteiger partial charge in [0.05, 0.1) is 0 Å². The topological polar surface area (TPSA) is 0 Å². The van der Waals surface area contributed by atoms with Crippen molar-refractivity contribution >= 4 is 5.57 Å². The number of benzene rings is 2. The van der Waals surface area contributed by atoms with Crippen molar-refractivity contribution in [1.82, 2.24) is 0 Å². The van der Waals surface area contributed by atoms with Gasteiger partial charge in [-0.15, -0.1) is 0 Å². The van der Waals surface area contributed by atoms with Crippen LogP contribution in [0, 0.1) is 13.8 Å². The highest BCUT2D eigenvalue weighted by molar-refractivity contribution is 5.84. The second kappa shape index (κ2) is 8.27. The second-order valence-corrected chi connectivity index (χ2v) is 9.72. The number of allylic oxidation sites excluding steroid dienone is 1. The highest BCUT2D eigenvalue weighted by atomic mass is 14.4. The van der Waals surface area contributed by atoms with Crippen molar-refractivity contribution in [3.05, 3.63) is 75.4 Å². The summed E-state index contributed by atoms with van der Waals surface area (Å²) in [5.74, 6) is 0. The molecule has 1 aliphatic rings. The summed E-state index contributed by atoms with van der Waals surface area (Å²) in [6.45, 7) is 22.5. The van der Waals surface area contributed by atoms with E-state index in [1.807, 2.05) is 13.8 Å². The molecule has 0 aliphatic heterocycles. The third kappa shape index (κ3) is 4.27. The highest BCUT2D eigenvalue weighted by Gasteiger charge is 2.37. The lowest BCUT2D eigenvalue weighted by Gasteiger charge is -2.42. The zero-order valence-electron chi connectivity index (χ0n) is 19.9. The van der Waals surface area contributed by atoms with Gasteiger partial charge in [0.15, 0.2) is 0 Å². The maximum atomic E-state index is 2.51. The Labute approximate surface area is 174 Å². The van der Waals surface area contributed by atoms with Crippen LogP contribution < -0.4 is 0 Å². The molecule has 0 radical (unpaired) electrons. The molecule has 2 aromatic carbocycles. The van der Waals surface area contributed by atoms with Crippen LogP contribution in [0.15, 0.2) is 42.0 Å².